The molecule has 7 nitrogen and oxygen atoms in total. The van der Waals surface area contributed by atoms with E-state index in [4.69, 9.17) is 25.4 Å². The summed E-state index contributed by atoms with van der Waals surface area (Å²) in [4.78, 5) is 10.2. The van der Waals surface area contributed by atoms with Gasteiger partial charge in [0.15, 0.2) is 0 Å². The fourth-order valence-electron chi connectivity index (χ4n) is 0.661. The lowest BCUT2D eigenvalue weighted by atomic mass is 10.1. The van der Waals surface area contributed by atoms with Crippen molar-refractivity contribution in [3.8, 4) is 0 Å². The van der Waals surface area contributed by atoms with E-state index in [9.17, 15) is 4.79 Å². The molecule has 0 saturated heterocycles. The van der Waals surface area contributed by atoms with Gasteiger partial charge in [-0.2, -0.15) is 0 Å². The summed E-state index contributed by atoms with van der Waals surface area (Å²) in [5, 5.41) is 42.8. The molecule has 0 aromatic heterocycles. The van der Waals surface area contributed by atoms with E-state index in [1.54, 1.807) is 0 Å². The van der Waals surface area contributed by atoms with Crippen LogP contribution in [0, 0.1) is 0 Å². The Labute approximate surface area is 74.4 Å². The van der Waals surface area contributed by atoms with E-state index in [1.807, 2.05) is 0 Å². The number of hydrogen-bond donors (Lipinski definition) is 5. The van der Waals surface area contributed by atoms with Crippen LogP contribution in [0.2, 0.25) is 0 Å². The van der Waals surface area contributed by atoms with Gasteiger partial charge in [0.1, 0.15) is 24.6 Å². The third-order valence-electron chi connectivity index (χ3n) is 1.33. The highest BCUT2D eigenvalue weighted by molar-refractivity contribution is 6.33. The first kappa shape index (κ1) is 12.5. The molecular weight excluding hydrogens is 183 g/mol. The average molecular weight is 194 g/mol. The lowest BCUT2D eigenvalue weighted by molar-refractivity contribution is -0.128. The molecule has 0 bridgehead atoms. The van der Waals surface area contributed by atoms with Gasteiger partial charge in [-0.05, 0) is 0 Å². The molecule has 0 saturated carbocycles. The number of hydrogen-bond acceptors (Lipinski definition) is 7. The number of carbonyl (C=O) groups is 1. The summed E-state index contributed by atoms with van der Waals surface area (Å²) in [6.45, 7) is -0.767. The summed E-state index contributed by atoms with van der Waals surface area (Å²) in [5.74, 6) is 0. The maximum Gasteiger partial charge on any atom is 0.634 e. The standard InChI is InChI=1S/C5H11BO7/c7-1-3(9)5(10)4(2-8)13-6(11)12/h2-5,7,9-12H,1H2. The zero-order valence-electron chi connectivity index (χ0n) is 6.65. The molecule has 0 fully saturated rings. The van der Waals surface area contributed by atoms with Crippen molar-refractivity contribution in [2.75, 3.05) is 6.61 Å². The summed E-state index contributed by atoms with van der Waals surface area (Å²) < 4.78 is 4.11. The molecule has 0 aromatic carbocycles. The molecule has 0 spiro atoms. The predicted octanol–water partition coefficient (Wildman–Crippen LogP) is -3.75. The van der Waals surface area contributed by atoms with E-state index < -0.39 is 32.2 Å². The number of aldehydes is 1. The van der Waals surface area contributed by atoms with Gasteiger partial charge < -0.3 is 34.8 Å². The van der Waals surface area contributed by atoms with Crippen LogP contribution in [0.25, 0.3) is 0 Å². The zero-order valence-corrected chi connectivity index (χ0v) is 6.65. The Morgan fingerprint density at radius 2 is 1.92 bits per heavy atom. The number of rotatable bonds is 6. The second kappa shape index (κ2) is 6.03. The lowest BCUT2D eigenvalue weighted by Gasteiger charge is -2.21. The predicted molar refractivity (Wildman–Crippen MR) is 40.2 cm³/mol. The molecule has 5 N–H and O–H groups in total. The minimum absolute atomic E-state index is 0.0863. The van der Waals surface area contributed by atoms with E-state index in [-0.39, 0.29) is 6.29 Å². The Morgan fingerprint density at radius 1 is 1.38 bits per heavy atom. The van der Waals surface area contributed by atoms with Crippen molar-refractivity contribution in [2.24, 2.45) is 0 Å². The highest BCUT2D eigenvalue weighted by Gasteiger charge is 2.29. The second-order valence-corrected chi connectivity index (χ2v) is 2.30. The number of carbonyl (C=O) groups excluding carboxylic acids is 1. The molecule has 0 aliphatic rings. The molecule has 0 aliphatic heterocycles. The summed E-state index contributed by atoms with van der Waals surface area (Å²) in [5.41, 5.74) is 0. The van der Waals surface area contributed by atoms with Gasteiger partial charge in [0.25, 0.3) is 0 Å². The average Bonchev–Trinajstić information content (AvgIpc) is 2.11. The fourth-order valence-corrected chi connectivity index (χ4v) is 0.661. The van der Waals surface area contributed by atoms with Gasteiger partial charge >= 0.3 is 7.32 Å². The fraction of sp³-hybridized carbons (Fsp3) is 0.800. The minimum atomic E-state index is -2.23. The summed E-state index contributed by atoms with van der Waals surface area (Å²) >= 11 is 0. The SMILES string of the molecule is O=CC(OB(O)O)C(O)C(O)CO. The van der Waals surface area contributed by atoms with Gasteiger partial charge in [0.05, 0.1) is 6.61 Å². The van der Waals surface area contributed by atoms with Gasteiger partial charge in [-0.15, -0.1) is 0 Å². The van der Waals surface area contributed by atoms with Crippen LogP contribution in [0.15, 0.2) is 0 Å². The van der Waals surface area contributed by atoms with Crippen molar-refractivity contribution >= 4 is 13.6 Å². The van der Waals surface area contributed by atoms with Crippen molar-refractivity contribution in [3.05, 3.63) is 0 Å². The first-order valence-electron chi connectivity index (χ1n) is 3.46. The van der Waals surface area contributed by atoms with Crippen molar-refractivity contribution in [1.82, 2.24) is 0 Å². The topological polar surface area (TPSA) is 127 Å². The number of aliphatic hydroxyl groups is 3. The molecule has 3 unspecified atom stereocenters. The van der Waals surface area contributed by atoms with Crippen molar-refractivity contribution in [1.29, 1.82) is 0 Å². The molecular formula is C5H11BO7. The normalized spacial score (nSPS) is 17.6. The smallest absolute Gasteiger partial charge is 0.402 e. The van der Waals surface area contributed by atoms with Crippen LogP contribution in [0.3, 0.4) is 0 Å². The maximum atomic E-state index is 10.2. The first-order valence-corrected chi connectivity index (χ1v) is 3.46. The molecule has 0 aromatic rings. The van der Waals surface area contributed by atoms with Crippen molar-refractivity contribution in [3.63, 3.8) is 0 Å². The molecule has 8 heteroatoms. The van der Waals surface area contributed by atoms with Crippen molar-refractivity contribution < 1.29 is 34.8 Å². The highest BCUT2D eigenvalue weighted by atomic mass is 16.6. The Hall–Kier alpha value is -0.505. The third kappa shape index (κ3) is 4.32. The molecule has 3 atom stereocenters. The van der Waals surface area contributed by atoms with Crippen LogP contribution in [-0.2, 0) is 9.45 Å². The van der Waals surface area contributed by atoms with Gasteiger partial charge in [0.2, 0.25) is 0 Å². The largest absolute Gasteiger partial charge is 0.634 e. The monoisotopic (exact) mass is 194 g/mol. The quantitative estimate of drug-likeness (QED) is 0.217. The zero-order chi connectivity index (χ0) is 10.4. The molecule has 0 amide bonds. The van der Waals surface area contributed by atoms with Crippen molar-refractivity contribution in [2.45, 2.75) is 18.3 Å². The molecule has 0 rings (SSSR count). The summed E-state index contributed by atoms with van der Waals surface area (Å²) in [7, 11) is -2.23. The minimum Gasteiger partial charge on any atom is -0.402 e. The highest BCUT2D eigenvalue weighted by Crippen LogP contribution is 2.02. The Morgan fingerprint density at radius 3 is 2.23 bits per heavy atom. The first-order chi connectivity index (χ1) is 6.02. The van der Waals surface area contributed by atoms with Crippen LogP contribution >= 0.6 is 0 Å². The van der Waals surface area contributed by atoms with Crippen LogP contribution in [0.4, 0.5) is 0 Å². The van der Waals surface area contributed by atoms with E-state index in [2.05, 4.69) is 4.65 Å². The Kier molecular flexibility index (Phi) is 5.79. The van der Waals surface area contributed by atoms with E-state index in [0.717, 1.165) is 0 Å². The molecule has 0 radical (unpaired) electrons. The Balaban J connectivity index is 4.13. The second-order valence-electron chi connectivity index (χ2n) is 2.30. The van der Waals surface area contributed by atoms with Crippen LogP contribution in [-0.4, -0.2) is 63.9 Å². The van der Waals surface area contributed by atoms with Gasteiger partial charge in [-0.3, -0.25) is 0 Å². The molecule has 76 valence electrons. The molecule has 13 heavy (non-hydrogen) atoms. The third-order valence-corrected chi connectivity index (χ3v) is 1.33. The van der Waals surface area contributed by atoms with Crippen LogP contribution in [0.1, 0.15) is 0 Å². The van der Waals surface area contributed by atoms with E-state index >= 15 is 0 Å². The number of aliphatic hydroxyl groups excluding tert-OH is 3. The van der Waals surface area contributed by atoms with E-state index in [1.165, 1.54) is 0 Å². The molecule has 0 heterocycles. The summed E-state index contributed by atoms with van der Waals surface area (Å²) in [6.07, 6.45) is -4.79. The molecule has 0 aliphatic carbocycles. The lowest BCUT2D eigenvalue weighted by Crippen LogP contribution is -2.44. The van der Waals surface area contributed by atoms with E-state index in [0.29, 0.717) is 0 Å². The van der Waals surface area contributed by atoms with Gasteiger partial charge in [-0.1, -0.05) is 0 Å². The summed E-state index contributed by atoms with van der Waals surface area (Å²) in [6, 6.07) is 0. The van der Waals surface area contributed by atoms with Gasteiger partial charge in [0, 0.05) is 0 Å². The Bertz CT molecular complexity index is 152. The van der Waals surface area contributed by atoms with Crippen LogP contribution < -0.4 is 0 Å². The maximum absolute atomic E-state index is 10.2. The van der Waals surface area contributed by atoms with Gasteiger partial charge in [-0.25, -0.2) is 0 Å². The van der Waals surface area contributed by atoms with Crippen LogP contribution in [0.5, 0.6) is 0 Å².